The van der Waals surface area contributed by atoms with Crippen molar-refractivity contribution in [3.8, 4) is 0 Å². The van der Waals surface area contributed by atoms with E-state index in [1.165, 1.54) is 0 Å². The number of primary amides is 1. The fraction of sp³-hybridized carbons (Fsp3) is 0.429. The van der Waals surface area contributed by atoms with Gasteiger partial charge in [-0.05, 0) is 32.4 Å². The molecule has 1 aliphatic rings. The molecule has 0 radical (unpaired) electrons. The van der Waals surface area contributed by atoms with E-state index in [9.17, 15) is 9.59 Å². The quantitative estimate of drug-likeness (QED) is 0.862. The highest BCUT2D eigenvalue weighted by Crippen LogP contribution is 2.34. The lowest BCUT2D eigenvalue weighted by molar-refractivity contribution is -0.122. The lowest BCUT2D eigenvalue weighted by atomic mass is 9.98. The number of carbonyl (C=O) groups excluding carboxylic acids is 2. The number of nitrogens with two attached hydrogens (primary N) is 1. The number of nitrogens with one attached hydrogen (secondary N) is 1. The lowest BCUT2D eigenvalue weighted by Crippen LogP contribution is -2.54. The number of rotatable bonds is 4. The summed E-state index contributed by atoms with van der Waals surface area (Å²) < 4.78 is 0. The van der Waals surface area contributed by atoms with Gasteiger partial charge >= 0.3 is 0 Å². The van der Waals surface area contributed by atoms with Crippen LogP contribution in [0.1, 0.15) is 26.7 Å². The Hall–Kier alpha value is -2.04. The first-order valence-electron chi connectivity index (χ1n) is 6.39. The molecular weight excluding hydrogens is 242 g/mol. The van der Waals surface area contributed by atoms with Crippen molar-refractivity contribution < 1.29 is 9.59 Å². The maximum Gasteiger partial charge on any atom is 0.252 e. The van der Waals surface area contributed by atoms with Crippen molar-refractivity contribution in [3.63, 3.8) is 0 Å². The Morgan fingerprint density at radius 1 is 1.37 bits per heavy atom. The first kappa shape index (κ1) is 13.4. The van der Waals surface area contributed by atoms with Crippen molar-refractivity contribution in [3.05, 3.63) is 24.3 Å². The summed E-state index contributed by atoms with van der Waals surface area (Å²) in [6.07, 6.45) is 0.866. The lowest BCUT2D eigenvalue weighted by Gasteiger charge is -2.40. The van der Waals surface area contributed by atoms with Gasteiger partial charge in [-0.25, -0.2) is 0 Å². The van der Waals surface area contributed by atoms with Crippen LogP contribution in [0.25, 0.3) is 0 Å². The fourth-order valence-electron chi connectivity index (χ4n) is 2.29. The number of carbonyl (C=O) groups is 2. The molecule has 5 nitrogen and oxygen atoms in total. The molecule has 2 amide bonds. The summed E-state index contributed by atoms with van der Waals surface area (Å²) in [6, 6.07) is 7.68. The number of hydrogen-bond acceptors (Lipinski definition) is 3. The second kappa shape index (κ2) is 4.91. The monoisotopic (exact) mass is 261 g/mol. The van der Waals surface area contributed by atoms with Crippen LogP contribution in [0.15, 0.2) is 24.3 Å². The minimum Gasteiger partial charge on any atom is -0.370 e. The van der Waals surface area contributed by atoms with E-state index in [-0.39, 0.29) is 11.8 Å². The van der Waals surface area contributed by atoms with Crippen molar-refractivity contribution in [1.29, 1.82) is 0 Å². The molecule has 0 saturated carbocycles. The number of benzene rings is 1. The molecule has 0 atom stereocenters. The standard InChI is InChI=1S/C14H19N3O2/c1-14(2)13(19)17(9-5-8-12(15)18)11-7-4-3-6-10(11)16-14/h3-4,6-7,16H,5,8-9H2,1-2H3,(H2,15,18). The summed E-state index contributed by atoms with van der Waals surface area (Å²) in [4.78, 5) is 25.0. The van der Waals surface area contributed by atoms with Gasteiger partial charge in [0.2, 0.25) is 5.91 Å². The average Bonchev–Trinajstić information content (AvgIpc) is 2.33. The Bertz CT molecular complexity index is 511. The number of amides is 2. The summed E-state index contributed by atoms with van der Waals surface area (Å²) >= 11 is 0. The van der Waals surface area contributed by atoms with Crippen LogP contribution in [-0.2, 0) is 9.59 Å². The minimum absolute atomic E-state index is 0.00988. The number of fused-ring (bicyclic) bond motifs is 1. The molecule has 0 spiro atoms. The van der Waals surface area contributed by atoms with Gasteiger partial charge in [-0.15, -0.1) is 0 Å². The van der Waals surface area contributed by atoms with Crippen molar-refractivity contribution in [2.75, 3.05) is 16.8 Å². The van der Waals surface area contributed by atoms with E-state index in [2.05, 4.69) is 5.32 Å². The molecule has 0 aliphatic carbocycles. The zero-order chi connectivity index (χ0) is 14.0. The van der Waals surface area contributed by atoms with E-state index in [4.69, 9.17) is 5.73 Å². The highest BCUT2D eigenvalue weighted by Gasteiger charge is 2.37. The number of nitrogens with zero attached hydrogens (tertiary/aromatic N) is 1. The number of anilines is 2. The molecule has 2 rings (SSSR count). The summed E-state index contributed by atoms with van der Waals surface area (Å²) in [5, 5.41) is 3.23. The average molecular weight is 261 g/mol. The Labute approximate surface area is 112 Å². The van der Waals surface area contributed by atoms with Gasteiger partial charge in [0.15, 0.2) is 0 Å². The van der Waals surface area contributed by atoms with Crippen LogP contribution in [0.3, 0.4) is 0 Å². The van der Waals surface area contributed by atoms with Gasteiger partial charge in [0, 0.05) is 13.0 Å². The predicted octanol–water partition coefficient (Wildman–Crippen LogP) is 1.49. The van der Waals surface area contributed by atoms with E-state index in [1.807, 2.05) is 38.1 Å². The van der Waals surface area contributed by atoms with Gasteiger partial charge in [0.1, 0.15) is 5.54 Å². The molecule has 102 valence electrons. The predicted molar refractivity (Wildman–Crippen MR) is 74.9 cm³/mol. The molecular formula is C14H19N3O2. The molecule has 0 saturated heterocycles. The topological polar surface area (TPSA) is 75.4 Å². The van der Waals surface area contributed by atoms with Crippen LogP contribution in [-0.4, -0.2) is 23.9 Å². The van der Waals surface area contributed by atoms with E-state index in [1.54, 1.807) is 4.90 Å². The minimum atomic E-state index is -0.638. The first-order valence-corrected chi connectivity index (χ1v) is 6.39. The molecule has 0 bridgehead atoms. The van der Waals surface area contributed by atoms with Crippen LogP contribution in [0.4, 0.5) is 11.4 Å². The van der Waals surface area contributed by atoms with Crippen LogP contribution in [0.5, 0.6) is 0 Å². The normalized spacial score (nSPS) is 16.7. The third-order valence-corrected chi connectivity index (χ3v) is 3.23. The Balaban J connectivity index is 2.24. The van der Waals surface area contributed by atoms with Crippen molar-refractivity contribution in [2.24, 2.45) is 5.73 Å². The van der Waals surface area contributed by atoms with E-state index >= 15 is 0 Å². The molecule has 5 heteroatoms. The molecule has 3 N–H and O–H groups in total. The van der Waals surface area contributed by atoms with Crippen molar-refractivity contribution >= 4 is 23.2 Å². The zero-order valence-corrected chi connectivity index (χ0v) is 11.3. The molecule has 1 aromatic carbocycles. The molecule has 1 aliphatic heterocycles. The first-order chi connectivity index (χ1) is 8.92. The third kappa shape index (κ3) is 2.70. The van der Waals surface area contributed by atoms with Crippen LogP contribution in [0, 0.1) is 0 Å². The van der Waals surface area contributed by atoms with E-state index in [0.29, 0.717) is 19.4 Å². The van der Waals surface area contributed by atoms with Gasteiger partial charge < -0.3 is 16.0 Å². The molecule has 0 fully saturated rings. The maximum absolute atomic E-state index is 12.4. The van der Waals surface area contributed by atoms with Crippen molar-refractivity contribution in [1.82, 2.24) is 0 Å². The number of para-hydroxylation sites is 2. The van der Waals surface area contributed by atoms with Crippen LogP contribution < -0.4 is 16.0 Å². The fourth-order valence-corrected chi connectivity index (χ4v) is 2.29. The molecule has 0 unspecified atom stereocenters. The second-order valence-electron chi connectivity index (χ2n) is 5.29. The summed E-state index contributed by atoms with van der Waals surface area (Å²) in [5.41, 5.74) is 6.29. The second-order valence-corrected chi connectivity index (χ2v) is 5.29. The SMILES string of the molecule is CC1(C)Nc2ccccc2N(CCCC(N)=O)C1=O. The Morgan fingerprint density at radius 2 is 2.05 bits per heavy atom. The summed E-state index contributed by atoms with van der Waals surface area (Å²) in [6.45, 7) is 4.21. The smallest absolute Gasteiger partial charge is 0.252 e. The molecule has 0 aromatic heterocycles. The molecule has 1 aromatic rings. The van der Waals surface area contributed by atoms with Gasteiger partial charge in [0.05, 0.1) is 11.4 Å². The van der Waals surface area contributed by atoms with Gasteiger partial charge in [-0.1, -0.05) is 12.1 Å². The zero-order valence-electron chi connectivity index (χ0n) is 11.3. The van der Waals surface area contributed by atoms with Crippen LogP contribution >= 0.6 is 0 Å². The van der Waals surface area contributed by atoms with Crippen LogP contribution in [0.2, 0.25) is 0 Å². The number of hydrogen-bond donors (Lipinski definition) is 2. The molecule has 1 heterocycles. The van der Waals surface area contributed by atoms with E-state index in [0.717, 1.165) is 11.4 Å². The largest absolute Gasteiger partial charge is 0.370 e. The van der Waals surface area contributed by atoms with Crippen molar-refractivity contribution in [2.45, 2.75) is 32.2 Å². The molecule has 19 heavy (non-hydrogen) atoms. The summed E-state index contributed by atoms with van der Waals surface area (Å²) in [7, 11) is 0. The third-order valence-electron chi connectivity index (χ3n) is 3.23. The summed E-state index contributed by atoms with van der Waals surface area (Å²) in [5.74, 6) is -0.328. The highest BCUT2D eigenvalue weighted by molar-refractivity contribution is 6.07. The van der Waals surface area contributed by atoms with Gasteiger partial charge in [-0.2, -0.15) is 0 Å². The maximum atomic E-state index is 12.4. The Kier molecular flexibility index (Phi) is 3.46. The van der Waals surface area contributed by atoms with Gasteiger partial charge in [0.25, 0.3) is 5.91 Å². The Morgan fingerprint density at radius 3 is 2.74 bits per heavy atom. The highest BCUT2D eigenvalue weighted by atomic mass is 16.2. The van der Waals surface area contributed by atoms with E-state index < -0.39 is 5.54 Å². The van der Waals surface area contributed by atoms with Gasteiger partial charge in [-0.3, -0.25) is 9.59 Å².